The van der Waals surface area contributed by atoms with Gasteiger partial charge < -0.3 is 4.90 Å². The summed E-state index contributed by atoms with van der Waals surface area (Å²) in [6, 6.07) is 3.09. The van der Waals surface area contributed by atoms with Crippen LogP contribution in [-0.2, 0) is 6.54 Å². The molecule has 7 heteroatoms. The van der Waals surface area contributed by atoms with Gasteiger partial charge in [-0.3, -0.25) is 4.79 Å². The molecule has 0 aliphatic heterocycles. The zero-order chi connectivity index (χ0) is 14.7. The van der Waals surface area contributed by atoms with Crippen molar-refractivity contribution < 1.29 is 0 Å². The van der Waals surface area contributed by atoms with E-state index in [4.69, 9.17) is 23.2 Å². The van der Waals surface area contributed by atoms with Crippen molar-refractivity contribution in [1.82, 2.24) is 14.8 Å². The number of aromatic nitrogens is 3. The fourth-order valence-electron chi connectivity index (χ4n) is 1.65. The smallest absolute Gasteiger partial charge is 0.269 e. The first kappa shape index (κ1) is 14.8. The summed E-state index contributed by atoms with van der Waals surface area (Å²) in [5.41, 5.74) is 1.30. The van der Waals surface area contributed by atoms with Crippen LogP contribution in [0.15, 0.2) is 29.3 Å². The fourth-order valence-corrected chi connectivity index (χ4v) is 2.07. The highest BCUT2D eigenvalue weighted by Gasteiger charge is 2.07. The molecule has 20 heavy (non-hydrogen) atoms. The summed E-state index contributed by atoms with van der Waals surface area (Å²) in [5, 5.41) is 4.93. The second-order valence-corrected chi connectivity index (χ2v) is 5.12. The molecule has 0 aliphatic rings. The molecule has 0 bridgehead atoms. The van der Waals surface area contributed by atoms with Crippen LogP contribution in [0.5, 0.6) is 0 Å². The molecule has 0 radical (unpaired) electrons. The Bertz CT molecular complexity index is 672. The summed E-state index contributed by atoms with van der Waals surface area (Å²) in [7, 11) is 1.90. The van der Waals surface area contributed by atoms with E-state index in [1.165, 1.54) is 4.68 Å². The Kier molecular flexibility index (Phi) is 4.62. The van der Waals surface area contributed by atoms with Gasteiger partial charge in [-0.05, 0) is 13.0 Å². The number of nitrogens with zero attached hydrogens (tertiary/aromatic N) is 4. The molecule has 2 heterocycles. The summed E-state index contributed by atoms with van der Waals surface area (Å²) in [5.74, 6) is 0. The summed E-state index contributed by atoms with van der Waals surface area (Å²) >= 11 is 11.8. The van der Waals surface area contributed by atoms with Crippen molar-refractivity contribution in [2.45, 2.75) is 13.5 Å². The second-order valence-electron chi connectivity index (χ2n) is 4.32. The van der Waals surface area contributed by atoms with E-state index >= 15 is 0 Å². The van der Waals surface area contributed by atoms with Gasteiger partial charge in [-0.15, -0.1) is 0 Å². The molecule has 2 aromatic heterocycles. The molecule has 106 valence electrons. The normalized spacial score (nSPS) is 10.6. The maximum Gasteiger partial charge on any atom is 0.269 e. The molecule has 5 nitrogen and oxygen atoms in total. The number of hydrogen-bond acceptors (Lipinski definition) is 4. The van der Waals surface area contributed by atoms with Crippen LogP contribution in [-0.4, -0.2) is 28.4 Å². The van der Waals surface area contributed by atoms with Crippen molar-refractivity contribution in [3.05, 3.63) is 50.6 Å². The molecule has 0 unspecified atom stereocenters. The molecule has 0 aliphatic carbocycles. The van der Waals surface area contributed by atoms with Gasteiger partial charge in [-0.25, -0.2) is 9.67 Å². The Labute approximate surface area is 126 Å². The van der Waals surface area contributed by atoms with Crippen LogP contribution in [0.4, 0.5) is 5.69 Å². The van der Waals surface area contributed by atoms with Crippen molar-refractivity contribution in [1.29, 1.82) is 0 Å². The lowest BCUT2D eigenvalue weighted by molar-refractivity contribution is 0.636. The highest BCUT2D eigenvalue weighted by atomic mass is 35.5. The molecule has 2 aromatic rings. The first-order valence-electron chi connectivity index (χ1n) is 6.09. The number of pyridine rings is 1. The third-order valence-electron chi connectivity index (χ3n) is 2.99. The van der Waals surface area contributed by atoms with Crippen LogP contribution in [0.2, 0.25) is 10.2 Å². The first-order chi connectivity index (χ1) is 9.51. The predicted molar refractivity (Wildman–Crippen MR) is 80.8 cm³/mol. The van der Waals surface area contributed by atoms with E-state index in [0.717, 1.165) is 12.2 Å². The van der Waals surface area contributed by atoms with Gasteiger partial charge in [0.2, 0.25) is 0 Å². The summed E-state index contributed by atoms with van der Waals surface area (Å²) in [6.45, 7) is 3.07. The molecule has 0 spiro atoms. The summed E-state index contributed by atoms with van der Waals surface area (Å²) in [6.07, 6.45) is 3.20. The molecule has 0 fully saturated rings. The van der Waals surface area contributed by atoms with Crippen molar-refractivity contribution in [3.8, 4) is 0 Å². The maximum atomic E-state index is 12.0. The van der Waals surface area contributed by atoms with Gasteiger partial charge in [0.25, 0.3) is 5.56 Å². The molecule has 2 rings (SSSR count). The molecule has 0 N–H and O–H groups in total. The molecule has 0 saturated carbocycles. The lowest BCUT2D eigenvalue weighted by Crippen LogP contribution is -2.26. The highest BCUT2D eigenvalue weighted by Crippen LogP contribution is 2.19. The van der Waals surface area contributed by atoms with E-state index in [1.54, 1.807) is 24.5 Å². The molecular weight excluding hydrogens is 299 g/mol. The van der Waals surface area contributed by atoms with Crippen LogP contribution in [0.3, 0.4) is 0 Å². The van der Waals surface area contributed by atoms with Crippen LogP contribution in [0.1, 0.15) is 12.5 Å². The van der Waals surface area contributed by atoms with Gasteiger partial charge in [-0.2, -0.15) is 5.10 Å². The quantitative estimate of drug-likeness (QED) is 0.814. The van der Waals surface area contributed by atoms with Crippen molar-refractivity contribution in [3.63, 3.8) is 0 Å². The van der Waals surface area contributed by atoms with E-state index in [0.29, 0.717) is 15.7 Å². The van der Waals surface area contributed by atoms with Crippen molar-refractivity contribution in [2.24, 2.45) is 0 Å². The Morgan fingerprint density at radius 3 is 2.65 bits per heavy atom. The Balaban J connectivity index is 2.28. The Morgan fingerprint density at radius 2 is 2.05 bits per heavy atom. The van der Waals surface area contributed by atoms with E-state index in [2.05, 4.69) is 10.1 Å². The standard InChI is InChI=1S/C13H14Cl2N4O/c1-3-18(2)10-4-13(20)19(17-7-10)8-9-6-16-12(15)5-11(9)14/h4-7H,3,8H2,1-2H3. The van der Waals surface area contributed by atoms with Crippen molar-refractivity contribution >= 4 is 28.9 Å². The summed E-state index contributed by atoms with van der Waals surface area (Å²) < 4.78 is 1.34. The minimum absolute atomic E-state index is 0.186. The minimum atomic E-state index is -0.186. The number of rotatable bonds is 4. The maximum absolute atomic E-state index is 12.0. The lowest BCUT2D eigenvalue weighted by atomic mass is 10.3. The molecule has 0 aromatic carbocycles. The predicted octanol–water partition coefficient (Wildman–Crippen LogP) is 2.45. The summed E-state index contributed by atoms with van der Waals surface area (Å²) in [4.78, 5) is 17.9. The van der Waals surface area contributed by atoms with Crippen LogP contribution in [0.25, 0.3) is 0 Å². The highest BCUT2D eigenvalue weighted by molar-refractivity contribution is 6.34. The van der Waals surface area contributed by atoms with E-state index in [9.17, 15) is 4.79 Å². The van der Waals surface area contributed by atoms with E-state index in [1.807, 2.05) is 18.9 Å². The molecule has 0 amide bonds. The van der Waals surface area contributed by atoms with Gasteiger partial charge in [0.15, 0.2) is 0 Å². The first-order valence-corrected chi connectivity index (χ1v) is 6.85. The monoisotopic (exact) mass is 312 g/mol. The number of anilines is 1. The Hall–Kier alpha value is -1.59. The van der Waals surface area contributed by atoms with Crippen molar-refractivity contribution in [2.75, 3.05) is 18.5 Å². The number of hydrogen-bond donors (Lipinski definition) is 0. The molecular formula is C13H14Cl2N4O. The average Bonchev–Trinajstić information content (AvgIpc) is 2.42. The van der Waals surface area contributed by atoms with Crippen LogP contribution < -0.4 is 10.5 Å². The Morgan fingerprint density at radius 1 is 1.30 bits per heavy atom. The molecule has 0 atom stereocenters. The van der Waals surface area contributed by atoms with Gasteiger partial charge >= 0.3 is 0 Å². The third-order valence-corrected chi connectivity index (χ3v) is 3.55. The number of halogens is 2. The van der Waals surface area contributed by atoms with Gasteiger partial charge in [0.05, 0.1) is 23.5 Å². The van der Waals surface area contributed by atoms with E-state index < -0.39 is 0 Å². The lowest BCUT2D eigenvalue weighted by Gasteiger charge is -2.16. The van der Waals surface area contributed by atoms with Gasteiger partial charge in [0.1, 0.15) is 5.15 Å². The van der Waals surface area contributed by atoms with Gasteiger partial charge in [-0.1, -0.05) is 23.2 Å². The topological polar surface area (TPSA) is 51.0 Å². The van der Waals surface area contributed by atoms with E-state index in [-0.39, 0.29) is 12.1 Å². The van der Waals surface area contributed by atoms with Crippen LogP contribution in [0, 0.1) is 0 Å². The molecule has 0 saturated heterocycles. The average molecular weight is 313 g/mol. The van der Waals surface area contributed by atoms with Gasteiger partial charge in [0, 0.05) is 31.4 Å². The third kappa shape index (κ3) is 3.29. The zero-order valence-electron chi connectivity index (χ0n) is 11.2. The van der Waals surface area contributed by atoms with Crippen LogP contribution >= 0.6 is 23.2 Å². The fraction of sp³-hybridized carbons (Fsp3) is 0.308. The zero-order valence-corrected chi connectivity index (χ0v) is 12.7. The largest absolute Gasteiger partial charge is 0.373 e. The minimum Gasteiger partial charge on any atom is -0.373 e. The second kappa shape index (κ2) is 6.24. The SMILES string of the molecule is CCN(C)c1cnn(Cc2cnc(Cl)cc2Cl)c(=O)c1.